The second-order valence-electron chi connectivity index (χ2n) is 13.2. The highest BCUT2D eigenvalue weighted by Gasteiger charge is 2.32. The van der Waals surface area contributed by atoms with Crippen molar-refractivity contribution in [3.63, 3.8) is 0 Å². The molecule has 300 valence electrons. The Bertz CT molecular complexity index is 2550. The largest absolute Gasteiger partial charge is 0.389 e. The van der Waals surface area contributed by atoms with Crippen molar-refractivity contribution in [1.82, 2.24) is 64.0 Å². The Morgan fingerprint density at radius 3 is 1.72 bits per heavy atom. The summed E-state index contributed by atoms with van der Waals surface area (Å²) in [4.78, 5) is 69.2. The monoisotopic (exact) mass is 805 g/mol. The molecule has 2 atom stereocenters. The summed E-state index contributed by atoms with van der Waals surface area (Å²) in [6.45, 7) is 3.50. The maximum atomic E-state index is 12.5. The van der Waals surface area contributed by atoms with Gasteiger partial charge in [-0.2, -0.15) is 26.3 Å². The Kier molecular flexibility index (Phi) is 11.0. The van der Waals surface area contributed by atoms with Crippen LogP contribution in [0.1, 0.15) is 64.5 Å². The number of aromatic nitrogens is 13. The second-order valence-corrected chi connectivity index (χ2v) is 13.2. The number of aromatic amines is 2. The standard InChI is InChI=1S/C19H17F3N6O.C18H16F3N7O/c1-2-14(15(29)3-5-19(20,21)22)28-6-4-11-7-24-17(27-18(11)28)13-9-25-16-12(13)8-23-10-26-16;1-2-13(14(29)3-4-18(19,20)21)28-9-26-12-7-24-16(27-17(12)28)11-6-23-15-10(11)5-22-8-25-15/h4,6-10,14H,2-3,5H2,1H3,(H,23,25,26);5-9,13H,2-4H2,1H3,(H,22,23,25)/t14-;13-/m00/s1. The number of nitrogens with one attached hydrogen (secondary N) is 2. The molecule has 0 fully saturated rings. The number of halogens is 6. The number of ketones is 2. The molecule has 8 aromatic rings. The molecule has 0 aliphatic heterocycles. The molecule has 8 heterocycles. The van der Waals surface area contributed by atoms with E-state index in [9.17, 15) is 35.9 Å². The number of rotatable bonds is 12. The Balaban J connectivity index is 0.000000177. The smallest absolute Gasteiger partial charge is 0.345 e. The fourth-order valence-corrected chi connectivity index (χ4v) is 6.62. The van der Waals surface area contributed by atoms with Crippen molar-refractivity contribution in [3.05, 3.63) is 68.4 Å². The van der Waals surface area contributed by atoms with E-state index in [1.54, 1.807) is 61.7 Å². The minimum absolute atomic E-state index is 0.322. The minimum atomic E-state index is -4.38. The van der Waals surface area contributed by atoms with Gasteiger partial charge in [0.25, 0.3) is 0 Å². The molecule has 0 spiro atoms. The van der Waals surface area contributed by atoms with Crippen molar-refractivity contribution in [2.24, 2.45) is 0 Å². The van der Waals surface area contributed by atoms with E-state index in [1.807, 2.05) is 0 Å². The molecule has 0 saturated carbocycles. The highest BCUT2D eigenvalue weighted by Crippen LogP contribution is 2.31. The zero-order valence-electron chi connectivity index (χ0n) is 30.8. The average molecular weight is 806 g/mol. The molecule has 2 N–H and O–H groups in total. The van der Waals surface area contributed by atoms with Gasteiger partial charge in [-0.25, -0.2) is 44.9 Å². The van der Waals surface area contributed by atoms with Crippen molar-refractivity contribution in [2.45, 2.75) is 76.8 Å². The first-order chi connectivity index (χ1) is 27.7. The first-order valence-corrected chi connectivity index (χ1v) is 18.0. The Hall–Kier alpha value is -6.67. The van der Waals surface area contributed by atoms with Crippen LogP contribution in [0.2, 0.25) is 0 Å². The van der Waals surface area contributed by atoms with Gasteiger partial charge in [0.15, 0.2) is 28.9 Å². The van der Waals surface area contributed by atoms with Crippen LogP contribution >= 0.6 is 0 Å². The van der Waals surface area contributed by atoms with E-state index in [1.165, 1.54) is 29.7 Å². The molecule has 0 aromatic carbocycles. The van der Waals surface area contributed by atoms with E-state index in [4.69, 9.17) is 0 Å². The Morgan fingerprint density at radius 2 is 1.19 bits per heavy atom. The predicted octanol–water partition coefficient (Wildman–Crippen LogP) is 7.86. The number of imidazole rings is 1. The molecule has 8 aromatic heterocycles. The highest BCUT2D eigenvalue weighted by atomic mass is 19.4. The summed E-state index contributed by atoms with van der Waals surface area (Å²) >= 11 is 0. The van der Waals surface area contributed by atoms with Gasteiger partial charge in [-0.15, -0.1) is 0 Å². The van der Waals surface area contributed by atoms with Gasteiger partial charge in [0.1, 0.15) is 35.1 Å². The third-order valence-corrected chi connectivity index (χ3v) is 9.46. The first-order valence-electron chi connectivity index (χ1n) is 18.0. The van der Waals surface area contributed by atoms with Crippen LogP contribution in [0, 0.1) is 0 Å². The average Bonchev–Trinajstić information content (AvgIpc) is 4.02. The summed E-state index contributed by atoms with van der Waals surface area (Å²) < 4.78 is 78.3. The summed E-state index contributed by atoms with van der Waals surface area (Å²) in [5.74, 6) is -0.193. The Morgan fingerprint density at radius 1 is 0.672 bits per heavy atom. The van der Waals surface area contributed by atoms with Crippen molar-refractivity contribution < 1.29 is 35.9 Å². The topological polar surface area (TPSA) is 192 Å². The molecule has 0 amide bonds. The van der Waals surface area contributed by atoms with Crippen LogP contribution in [0.4, 0.5) is 26.3 Å². The van der Waals surface area contributed by atoms with Crippen LogP contribution in [0.15, 0.2) is 68.4 Å². The number of fused-ring (bicyclic) bond motifs is 4. The molecule has 0 saturated heterocycles. The van der Waals surface area contributed by atoms with E-state index >= 15 is 0 Å². The molecule has 21 heteroatoms. The zero-order chi connectivity index (χ0) is 41.2. The lowest BCUT2D eigenvalue weighted by molar-refractivity contribution is -0.144. The van der Waals surface area contributed by atoms with Crippen molar-refractivity contribution in [1.29, 1.82) is 0 Å². The summed E-state index contributed by atoms with van der Waals surface area (Å²) in [5, 5.41) is 2.18. The quantitative estimate of drug-likeness (QED) is 0.114. The van der Waals surface area contributed by atoms with Crippen LogP contribution in [0.3, 0.4) is 0 Å². The molecule has 0 radical (unpaired) electrons. The van der Waals surface area contributed by atoms with E-state index in [2.05, 4.69) is 54.8 Å². The molecule has 0 unspecified atom stereocenters. The lowest BCUT2D eigenvalue weighted by atomic mass is 10.1. The summed E-state index contributed by atoms with van der Waals surface area (Å²) in [6.07, 6.45) is 4.31. The number of carbonyl (C=O) groups is 2. The van der Waals surface area contributed by atoms with Crippen molar-refractivity contribution in [3.8, 4) is 22.8 Å². The van der Waals surface area contributed by atoms with Crippen LogP contribution in [0.25, 0.3) is 67.0 Å². The molecule has 15 nitrogen and oxygen atoms in total. The molecule has 0 aliphatic rings. The normalized spacial score (nSPS) is 13.2. The van der Waals surface area contributed by atoms with Crippen LogP contribution in [0.5, 0.6) is 0 Å². The van der Waals surface area contributed by atoms with Crippen LogP contribution in [-0.2, 0) is 9.59 Å². The predicted molar refractivity (Wildman–Crippen MR) is 198 cm³/mol. The third-order valence-electron chi connectivity index (χ3n) is 9.46. The number of H-pyrrole nitrogens is 2. The van der Waals surface area contributed by atoms with Crippen LogP contribution < -0.4 is 0 Å². The molecule has 58 heavy (non-hydrogen) atoms. The van der Waals surface area contributed by atoms with Crippen LogP contribution in [-0.4, -0.2) is 87.9 Å². The number of alkyl halides is 6. The zero-order valence-corrected chi connectivity index (χ0v) is 30.8. The molecular weight excluding hydrogens is 772 g/mol. The van der Waals surface area contributed by atoms with Gasteiger partial charge >= 0.3 is 12.4 Å². The van der Waals surface area contributed by atoms with E-state index in [0.717, 1.165) is 10.8 Å². The third kappa shape index (κ3) is 8.37. The second kappa shape index (κ2) is 16.1. The van der Waals surface area contributed by atoms with Gasteiger partial charge in [0, 0.05) is 77.3 Å². The lowest BCUT2D eigenvalue weighted by Gasteiger charge is -2.17. The maximum Gasteiger partial charge on any atom is 0.389 e. The maximum absolute atomic E-state index is 12.5. The van der Waals surface area contributed by atoms with Gasteiger partial charge < -0.3 is 19.1 Å². The Labute approximate surface area is 323 Å². The fourth-order valence-electron chi connectivity index (χ4n) is 6.62. The van der Waals surface area contributed by atoms with E-state index < -0.39 is 61.7 Å². The number of hydrogen-bond acceptors (Lipinski definition) is 11. The van der Waals surface area contributed by atoms with Gasteiger partial charge in [0.2, 0.25) is 0 Å². The first kappa shape index (κ1) is 39.6. The summed E-state index contributed by atoms with van der Waals surface area (Å²) in [6, 6.07) is 0.247. The van der Waals surface area contributed by atoms with Gasteiger partial charge in [-0.3, -0.25) is 9.59 Å². The SMILES string of the molecule is CC[C@@H](C(=O)CCC(F)(F)F)n1ccc2cnc(-c3c[nH]c4ncncc34)nc21.CC[C@@H](C(=O)CCC(F)(F)F)n1cnc2cnc(-c3c[nH]c4ncncc34)nc21. The number of nitrogens with zero attached hydrogens (tertiary/aromatic N) is 11. The van der Waals surface area contributed by atoms with Gasteiger partial charge in [-0.1, -0.05) is 13.8 Å². The molecule has 8 rings (SSSR count). The molecule has 0 bridgehead atoms. The van der Waals surface area contributed by atoms with Crippen molar-refractivity contribution >= 4 is 55.8 Å². The van der Waals surface area contributed by atoms with Gasteiger partial charge in [0.05, 0.1) is 37.4 Å². The number of Topliss-reactive ketones (excluding diaryl/α,β-unsaturated/α-hetero) is 2. The number of carbonyl (C=O) groups excluding carboxylic acids is 2. The minimum Gasteiger partial charge on any atom is -0.345 e. The van der Waals surface area contributed by atoms with E-state index in [0.29, 0.717) is 69.1 Å². The molecular formula is C37H33F6N13O2. The molecule has 0 aliphatic carbocycles. The fraction of sp³-hybridized carbons (Fsp3) is 0.324. The van der Waals surface area contributed by atoms with Gasteiger partial charge in [-0.05, 0) is 18.9 Å². The van der Waals surface area contributed by atoms with E-state index in [-0.39, 0.29) is 0 Å². The summed E-state index contributed by atoms with van der Waals surface area (Å²) in [7, 11) is 0. The van der Waals surface area contributed by atoms with Crippen molar-refractivity contribution in [2.75, 3.05) is 0 Å². The lowest BCUT2D eigenvalue weighted by Crippen LogP contribution is -2.21. The number of hydrogen-bond donors (Lipinski definition) is 2. The highest BCUT2D eigenvalue weighted by molar-refractivity contribution is 5.93. The summed E-state index contributed by atoms with van der Waals surface area (Å²) in [5.41, 5.74) is 3.97.